The average Bonchev–Trinajstić information content (AvgIpc) is 2.86. The first-order chi connectivity index (χ1) is 9.16. The molecule has 1 saturated carbocycles. The van der Waals surface area contributed by atoms with Crippen molar-refractivity contribution in [3.05, 3.63) is 23.8 Å². The van der Waals surface area contributed by atoms with Crippen molar-refractivity contribution >= 4 is 5.69 Å². The molecule has 0 radical (unpaired) electrons. The van der Waals surface area contributed by atoms with Crippen molar-refractivity contribution in [3.8, 4) is 5.75 Å². The molecule has 19 heavy (non-hydrogen) atoms. The molecule has 3 N–H and O–H groups in total. The van der Waals surface area contributed by atoms with Crippen molar-refractivity contribution < 1.29 is 9.84 Å². The van der Waals surface area contributed by atoms with Crippen molar-refractivity contribution in [3.63, 3.8) is 0 Å². The molecule has 1 saturated heterocycles. The van der Waals surface area contributed by atoms with Crippen LogP contribution in [0.5, 0.6) is 5.75 Å². The van der Waals surface area contributed by atoms with E-state index in [1.165, 1.54) is 12.8 Å². The molecule has 0 aromatic heterocycles. The van der Waals surface area contributed by atoms with E-state index in [1.807, 2.05) is 19.1 Å². The number of phenolic OH excluding ortho intramolecular Hbond substituents is 1. The minimum atomic E-state index is -0.141. The topological polar surface area (TPSA) is 58.7 Å². The smallest absolute Gasteiger partial charge is 0.122 e. The van der Waals surface area contributed by atoms with Crippen LogP contribution >= 0.6 is 0 Å². The van der Waals surface area contributed by atoms with E-state index in [0.717, 1.165) is 30.8 Å². The van der Waals surface area contributed by atoms with Crippen LogP contribution in [0, 0.1) is 0 Å². The Kier molecular flexibility index (Phi) is 3.37. The van der Waals surface area contributed by atoms with E-state index in [0.29, 0.717) is 17.9 Å². The van der Waals surface area contributed by atoms with Crippen LogP contribution < -0.4 is 10.6 Å². The van der Waals surface area contributed by atoms with E-state index >= 15 is 0 Å². The summed E-state index contributed by atoms with van der Waals surface area (Å²) in [5.41, 5.74) is 7.73. The minimum Gasteiger partial charge on any atom is -0.508 e. The Morgan fingerprint density at radius 3 is 3.00 bits per heavy atom. The maximum Gasteiger partial charge on any atom is 0.122 e. The SMILES string of the molecule is CC(N)c1ccc(N2CCOC3CCCC32)cc1O. The summed E-state index contributed by atoms with van der Waals surface area (Å²) in [5.74, 6) is 0.300. The number of morpholine rings is 1. The molecule has 3 rings (SSSR count). The van der Waals surface area contributed by atoms with E-state index < -0.39 is 0 Å². The van der Waals surface area contributed by atoms with Crippen LogP contribution in [0.4, 0.5) is 5.69 Å². The van der Waals surface area contributed by atoms with Gasteiger partial charge in [0.25, 0.3) is 0 Å². The van der Waals surface area contributed by atoms with Crippen LogP contribution in [0.1, 0.15) is 37.8 Å². The van der Waals surface area contributed by atoms with Gasteiger partial charge in [0.05, 0.1) is 18.8 Å². The quantitative estimate of drug-likeness (QED) is 0.857. The van der Waals surface area contributed by atoms with Gasteiger partial charge in [0, 0.05) is 29.9 Å². The first-order valence-electron chi connectivity index (χ1n) is 7.13. The highest BCUT2D eigenvalue weighted by molar-refractivity contribution is 5.55. The molecule has 4 nitrogen and oxygen atoms in total. The summed E-state index contributed by atoms with van der Waals surface area (Å²) >= 11 is 0. The van der Waals surface area contributed by atoms with Crippen LogP contribution in [0.3, 0.4) is 0 Å². The van der Waals surface area contributed by atoms with Gasteiger partial charge in [0.1, 0.15) is 5.75 Å². The zero-order valence-corrected chi connectivity index (χ0v) is 11.4. The molecule has 1 aliphatic heterocycles. The van der Waals surface area contributed by atoms with Crippen molar-refractivity contribution in [1.82, 2.24) is 0 Å². The summed E-state index contributed by atoms with van der Waals surface area (Å²) in [6.45, 7) is 3.56. The lowest BCUT2D eigenvalue weighted by Gasteiger charge is -2.39. The van der Waals surface area contributed by atoms with Gasteiger partial charge in [-0.25, -0.2) is 0 Å². The first kappa shape index (κ1) is 12.8. The lowest BCUT2D eigenvalue weighted by Crippen LogP contribution is -2.48. The molecule has 1 aromatic rings. The summed E-state index contributed by atoms with van der Waals surface area (Å²) in [7, 11) is 0. The number of rotatable bonds is 2. The number of aromatic hydroxyl groups is 1. The second-order valence-electron chi connectivity index (χ2n) is 5.63. The number of nitrogens with two attached hydrogens (primary N) is 1. The van der Waals surface area contributed by atoms with Gasteiger partial charge in [-0.1, -0.05) is 6.07 Å². The summed E-state index contributed by atoms with van der Waals surface area (Å²) < 4.78 is 5.82. The maximum absolute atomic E-state index is 10.1. The van der Waals surface area contributed by atoms with Gasteiger partial charge < -0.3 is 20.5 Å². The number of nitrogens with zero attached hydrogens (tertiary/aromatic N) is 1. The van der Waals surface area contributed by atoms with Crippen LogP contribution in [0.2, 0.25) is 0 Å². The number of phenols is 1. The molecule has 0 bridgehead atoms. The van der Waals surface area contributed by atoms with Gasteiger partial charge in [-0.3, -0.25) is 0 Å². The Morgan fingerprint density at radius 2 is 2.26 bits per heavy atom. The summed E-state index contributed by atoms with van der Waals surface area (Å²) in [4.78, 5) is 2.38. The Labute approximate surface area is 114 Å². The number of fused-ring (bicyclic) bond motifs is 1. The largest absolute Gasteiger partial charge is 0.508 e. The normalized spacial score (nSPS) is 28.2. The molecule has 2 fully saturated rings. The van der Waals surface area contributed by atoms with Crippen LogP contribution in [-0.4, -0.2) is 30.4 Å². The fourth-order valence-electron chi connectivity index (χ4n) is 3.34. The summed E-state index contributed by atoms with van der Waals surface area (Å²) in [5, 5.41) is 10.1. The Bertz CT molecular complexity index is 461. The molecule has 1 heterocycles. The van der Waals surface area contributed by atoms with Gasteiger partial charge in [-0.2, -0.15) is 0 Å². The van der Waals surface area contributed by atoms with Gasteiger partial charge in [-0.15, -0.1) is 0 Å². The fourth-order valence-corrected chi connectivity index (χ4v) is 3.34. The predicted molar refractivity (Wildman–Crippen MR) is 75.4 cm³/mol. The van der Waals surface area contributed by atoms with Crippen molar-refractivity contribution in [2.45, 2.75) is 44.4 Å². The lowest BCUT2D eigenvalue weighted by molar-refractivity contribution is 0.0256. The zero-order chi connectivity index (χ0) is 13.4. The number of anilines is 1. The van der Waals surface area contributed by atoms with Crippen LogP contribution in [-0.2, 0) is 4.74 Å². The van der Waals surface area contributed by atoms with Crippen molar-refractivity contribution in [2.75, 3.05) is 18.1 Å². The molecular weight excluding hydrogens is 240 g/mol. The lowest BCUT2D eigenvalue weighted by atomic mass is 10.0. The van der Waals surface area contributed by atoms with Crippen LogP contribution in [0.25, 0.3) is 0 Å². The second-order valence-corrected chi connectivity index (χ2v) is 5.63. The summed E-state index contributed by atoms with van der Waals surface area (Å²) in [6.07, 6.45) is 3.94. The first-order valence-corrected chi connectivity index (χ1v) is 7.13. The molecule has 3 atom stereocenters. The second kappa shape index (κ2) is 5.02. The van der Waals surface area contributed by atoms with Crippen molar-refractivity contribution in [1.29, 1.82) is 0 Å². The highest BCUT2D eigenvalue weighted by atomic mass is 16.5. The highest BCUT2D eigenvalue weighted by Gasteiger charge is 2.36. The van der Waals surface area contributed by atoms with E-state index in [2.05, 4.69) is 11.0 Å². The molecule has 0 amide bonds. The minimum absolute atomic E-state index is 0.141. The average molecular weight is 262 g/mol. The van der Waals surface area contributed by atoms with E-state index in [4.69, 9.17) is 10.5 Å². The van der Waals surface area contributed by atoms with E-state index in [-0.39, 0.29) is 6.04 Å². The van der Waals surface area contributed by atoms with Crippen molar-refractivity contribution in [2.24, 2.45) is 5.73 Å². The zero-order valence-electron chi connectivity index (χ0n) is 11.4. The highest BCUT2D eigenvalue weighted by Crippen LogP contribution is 2.35. The number of ether oxygens (including phenoxy) is 1. The summed E-state index contributed by atoms with van der Waals surface area (Å²) in [6, 6.07) is 6.18. The third-order valence-corrected chi connectivity index (χ3v) is 4.32. The van der Waals surface area contributed by atoms with Gasteiger partial charge in [-0.05, 0) is 32.3 Å². The Morgan fingerprint density at radius 1 is 1.42 bits per heavy atom. The van der Waals surface area contributed by atoms with E-state index in [9.17, 15) is 5.11 Å². The third-order valence-electron chi connectivity index (χ3n) is 4.32. The molecule has 104 valence electrons. The van der Waals surface area contributed by atoms with E-state index in [1.54, 1.807) is 0 Å². The molecule has 1 aromatic carbocycles. The molecule has 2 aliphatic rings. The van der Waals surface area contributed by atoms with Gasteiger partial charge >= 0.3 is 0 Å². The molecular formula is C15H22N2O2. The Hall–Kier alpha value is -1.26. The van der Waals surface area contributed by atoms with Gasteiger partial charge in [0.15, 0.2) is 0 Å². The molecule has 1 aliphatic carbocycles. The van der Waals surface area contributed by atoms with Crippen LogP contribution in [0.15, 0.2) is 18.2 Å². The molecule has 0 spiro atoms. The fraction of sp³-hybridized carbons (Fsp3) is 0.600. The number of hydrogen-bond acceptors (Lipinski definition) is 4. The number of benzene rings is 1. The van der Waals surface area contributed by atoms with Gasteiger partial charge in [0.2, 0.25) is 0 Å². The maximum atomic E-state index is 10.1. The predicted octanol–water partition coefficient (Wildman–Crippen LogP) is 2.17. The monoisotopic (exact) mass is 262 g/mol. The number of hydrogen-bond donors (Lipinski definition) is 2. The molecule has 3 unspecified atom stereocenters. The standard InChI is InChI=1S/C15H22N2O2/c1-10(16)12-6-5-11(9-14(12)18)17-7-8-19-15-4-2-3-13(15)17/h5-6,9-10,13,15,18H,2-4,7-8,16H2,1H3. The Balaban J connectivity index is 1.87. The third kappa shape index (κ3) is 2.30. The molecule has 4 heteroatoms.